The van der Waals surface area contributed by atoms with Gasteiger partial charge >= 0.3 is 5.97 Å². The first-order valence-electron chi connectivity index (χ1n) is 9.11. The fourth-order valence-electron chi connectivity index (χ4n) is 3.46. The van der Waals surface area contributed by atoms with E-state index in [1.54, 1.807) is 12.1 Å². The molecule has 2 N–H and O–H groups in total. The summed E-state index contributed by atoms with van der Waals surface area (Å²) in [5.74, 6) is -1.44. The largest absolute Gasteiger partial charge is 0.480 e. The first-order chi connectivity index (χ1) is 13.6. The highest BCUT2D eigenvalue weighted by molar-refractivity contribution is 6.07. The molecule has 4 heteroatoms. The zero-order chi connectivity index (χ0) is 19.5. The van der Waals surface area contributed by atoms with Crippen LogP contribution in [0.4, 0.5) is 0 Å². The van der Waals surface area contributed by atoms with Crippen LogP contribution in [0.5, 0.6) is 0 Å². The van der Waals surface area contributed by atoms with Gasteiger partial charge in [-0.3, -0.25) is 4.79 Å². The van der Waals surface area contributed by atoms with Gasteiger partial charge in [-0.1, -0.05) is 78.9 Å². The molecule has 28 heavy (non-hydrogen) atoms. The van der Waals surface area contributed by atoms with Crippen molar-refractivity contribution in [3.05, 3.63) is 96.1 Å². The Morgan fingerprint density at radius 2 is 1.46 bits per heavy atom. The first-order valence-corrected chi connectivity index (χ1v) is 9.11. The summed E-state index contributed by atoms with van der Waals surface area (Å²) in [4.78, 5) is 24.6. The van der Waals surface area contributed by atoms with Crippen LogP contribution in [0, 0.1) is 0 Å². The van der Waals surface area contributed by atoms with Crippen LogP contribution in [0.1, 0.15) is 15.9 Å². The lowest BCUT2D eigenvalue weighted by atomic mass is 10.0. The molecule has 0 saturated heterocycles. The number of benzene rings is 4. The minimum atomic E-state index is -1.05. The number of fused-ring (bicyclic) bond motifs is 2. The molecule has 0 aromatic heterocycles. The van der Waals surface area contributed by atoms with Gasteiger partial charge in [0, 0.05) is 12.0 Å². The minimum absolute atomic E-state index is 0.219. The molecule has 0 spiro atoms. The maximum absolute atomic E-state index is 12.8. The highest BCUT2D eigenvalue weighted by Gasteiger charge is 2.22. The van der Waals surface area contributed by atoms with Gasteiger partial charge < -0.3 is 10.4 Å². The number of rotatable bonds is 5. The van der Waals surface area contributed by atoms with E-state index in [4.69, 9.17) is 0 Å². The zero-order valence-corrected chi connectivity index (χ0v) is 15.1. The average Bonchev–Trinajstić information content (AvgIpc) is 2.72. The third kappa shape index (κ3) is 3.58. The Morgan fingerprint density at radius 3 is 2.25 bits per heavy atom. The monoisotopic (exact) mass is 369 g/mol. The molecule has 0 aliphatic carbocycles. The van der Waals surface area contributed by atoms with Crippen molar-refractivity contribution in [1.29, 1.82) is 0 Å². The Hall–Kier alpha value is -3.66. The molecule has 138 valence electrons. The standard InChI is InChI=1S/C24H19NO3/c26-23(21-11-5-9-18-7-3-4-10-20(18)21)25-22(24(27)28)15-16-12-13-17-6-1-2-8-19(17)14-16/h1-14,22H,15H2,(H,25,26)(H,27,28). The summed E-state index contributed by atoms with van der Waals surface area (Å²) in [5.41, 5.74) is 1.34. The van der Waals surface area contributed by atoms with E-state index in [0.717, 1.165) is 27.1 Å². The molecule has 4 aromatic carbocycles. The number of carbonyl (C=O) groups is 2. The van der Waals surface area contributed by atoms with E-state index in [1.807, 2.05) is 72.8 Å². The van der Waals surface area contributed by atoms with Crippen molar-refractivity contribution < 1.29 is 14.7 Å². The summed E-state index contributed by atoms with van der Waals surface area (Å²) in [6.07, 6.45) is 0.219. The molecule has 1 atom stereocenters. The van der Waals surface area contributed by atoms with Gasteiger partial charge in [0.25, 0.3) is 5.91 Å². The molecule has 4 nitrogen and oxygen atoms in total. The Balaban J connectivity index is 1.59. The first kappa shape index (κ1) is 17.7. The number of carboxylic acid groups (broad SMARTS) is 1. The molecule has 4 aromatic rings. The fourth-order valence-corrected chi connectivity index (χ4v) is 3.46. The fraction of sp³-hybridized carbons (Fsp3) is 0.0833. The van der Waals surface area contributed by atoms with Crippen LogP contribution in [0.3, 0.4) is 0 Å². The van der Waals surface area contributed by atoms with Crippen molar-refractivity contribution in [2.45, 2.75) is 12.5 Å². The summed E-state index contributed by atoms with van der Waals surface area (Å²) >= 11 is 0. The molecule has 0 aliphatic heterocycles. The van der Waals surface area contributed by atoms with E-state index < -0.39 is 12.0 Å². The molecular weight excluding hydrogens is 350 g/mol. The Labute approximate surface area is 162 Å². The number of hydrogen-bond donors (Lipinski definition) is 2. The lowest BCUT2D eigenvalue weighted by Gasteiger charge is -2.16. The van der Waals surface area contributed by atoms with Crippen molar-refractivity contribution in [3.8, 4) is 0 Å². The van der Waals surface area contributed by atoms with Crippen molar-refractivity contribution in [3.63, 3.8) is 0 Å². The quantitative estimate of drug-likeness (QED) is 0.547. The average molecular weight is 369 g/mol. The Bertz CT molecular complexity index is 1180. The van der Waals surface area contributed by atoms with Crippen LogP contribution in [-0.4, -0.2) is 23.0 Å². The number of hydrogen-bond acceptors (Lipinski definition) is 2. The number of aliphatic carboxylic acids is 1. The maximum Gasteiger partial charge on any atom is 0.326 e. The summed E-state index contributed by atoms with van der Waals surface area (Å²) in [6, 6.07) is 25.8. The summed E-state index contributed by atoms with van der Waals surface area (Å²) in [7, 11) is 0. The predicted molar refractivity (Wildman–Crippen MR) is 110 cm³/mol. The Kier molecular flexibility index (Phi) is 4.77. The summed E-state index contributed by atoms with van der Waals surface area (Å²) in [5, 5.41) is 16.2. The predicted octanol–water partition coefficient (Wildman–Crippen LogP) is 4.42. The molecule has 0 bridgehead atoms. The van der Waals surface area contributed by atoms with Crippen molar-refractivity contribution in [2.75, 3.05) is 0 Å². The van der Waals surface area contributed by atoms with Gasteiger partial charge in [0.15, 0.2) is 0 Å². The second-order valence-electron chi connectivity index (χ2n) is 6.78. The second kappa shape index (κ2) is 7.53. The third-order valence-corrected chi connectivity index (χ3v) is 4.89. The number of amides is 1. The van der Waals surface area contributed by atoms with E-state index in [0.29, 0.717) is 5.56 Å². The van der Waals surface area contributed by atoms with E-state index in [2.05, 4.69) is 5.32 Å². The van der Waals surface area contributed by atoms with Gasteiger partial charge in [-0.05, 0) is 33.2 Å². The molecule has 1 unspecified atom stereocenters. The molecule has 0 heterocycles. The summed E-state index contributed by atoms with van der Waals surface area (Å²) < 4.78 is 0. The highest BCUT2D eigenvalue weighted by Crippen LogP contribution is 2.20. The Morgan fingerprint density at radius 1 is 0.786 bits per heavy atom. The van der Waals surface area contributed by atoms with Gasteiger partial charge in [0.1, 0.15) is 6.04 Å². The molecule has 0 fully saturated rings. The van der Waals surface area contributed by atoms with Crippen LogP contribution in [0.2, 0.25) is 0 Å². The smallest absolute Gasteiger partial charge is 0.326 e. The lowest BCUT2D eigenvalue weighted by Crippen LogP contribution is -2.42. The SMILES string of the molecule is O=C(NC(Cc1ccc2ccccc2c1)C(=O)O)c1cccc2ccccc12. The van der Waals surface area contributed by atoms with Gasteiger partial charge in [-0.25, -0.2) is 4.79 Å². The van der Waals surface area contributed by atoms with E-state index in [-0.39, 0.29) is 12.3 Å². The number of carbonyl (C=O) groups excluding carboxylic acids is 1. The zero-order valence-electron chi connectivity index (χ0n) is 15.1. The van der Waals surface area contributed by atoms with Crippen molar-refractivity contribution >= 4 is 33.4 Å². The van der Waals surface area contributed by atoms with Crippen LogP contribution >= 0.6 is 0 Å². The van der Waals surface area contributed by atoms with Gasteiger partial charge in [0.05, 0.1) is 0 Å². The number of carboxylic acids is 1. The van der Waals surface area contributed by atoms with Crippen LogP contribution in [0.25, 0.3) is 21.5 Å². The van der Waals surface area contributed by atoms with Gasteiger partial charge in [0.2, 0.25) is 0 Å². The maximum atomic E-state index is 12.8. The molecule has 0 saturated carbocycles. The van der Waals surface area contributed by atoms with Crippen molar-refractivity contribution in [2.24, 2.45) is 0 Å². The normalized spacial score (nSPS) is 12.0. The highest BCUT2D eigenvalue weighted by atomic mass is 16.4. The van der Waals surface area contributed by atoms with Gasteiger partial charge in [-0.2, -0.15) is 0 Å². The van der Waals surface area contributed by atoms with Crippen LogP contribution in [-0.2, 0) is 11.2 Å². The second-order valence-corrected chi connectivity index (χ2v) is 6.78. The van der Waals surface area contributed by atoms with E-state index in [1.165, 1.54) is 0 Å². The summed E-state index contributed by atoms with van der Waals surface area (Å²) in [6.45, 7) is 0. The molecule has 0 radical (unpaired) electrons. The topological polar surface area (TPSA) is 66.4 Å². The molecule has 4 rings (SSSR count). The van der Waals surface area contributed by atoms with E-state index in [9.17, 15) is 14.7 Å². The van der Waals surface area contributed by atoms with Gasteiger partial charge in [-0.15, -0.1) is 0 Å². The lowest BCUT2D eigenvalue weighted by molar-refractivity contribution is -0.139. The van der Waals surface area contributed by atoms with Crippen molar-refractivity contribution in [1.82, 2.24) is 5.32 Å². The third-order valence-electron chi connectivity index (χ3n) is 4.89. The van der Waals surface area contributed by atoms with Crippen LogP contribution < -0.4 is 5.32 Å². The number of nitrogens with one attached hydrogen (secondary N) is 1. The molecular formula is C24H19NO3. The van der Waals surface area contributed by atoms with Crippen LogP contribution in [0.15, 0.2) is 84.9 Å². The van der Waals surface area contributed by atoms with E-state index >= 15 is 0 Å². The molecule has 0 aliphatic rings. The molecule has 1 amide bonds. The minimum Gasteiger partial charge on any atom is -0.480 e.